The highest BCUT2D eigenvalue weighted by Gasteiger charge is 2.25. The summed E-state index contributed by atoms with van der Waals surface area (Å²) in [5, 5.41) is 2.30. The molecule has 0 radical (unpaired) electrons. The number of piperidine rings is 1. The minimum Gasteiger partial charge on any atom is -0.474 e. The lowest BCUT2D eigenvalue weighted by atomic mass is 10.1. The molecule has 6 nitrogen and oxygen atoms in total. The van der Waals surface area contributed by atoms with Crippen molar-refractivity contribution in [1.29, 1.82) is 0 Å². The Balaban J connectivity index is 1.55. The van der Waals surface area contributed by atoms with Crippen LogP contribution in [0, 0.1) is 25.5 Å². The van der Waals surface area contributed by atoms with Crippen LogP contribution in [0.25, 0.3) is 0 Å². The van der Waals surface area contributed by atoms with E-state index in [4.69, 9.17) is 4.74 Å². The van der Waals surface area contributed by atoms with Gasteiger partial charge in [-0.05, 0) is 26.0 Å². The molecule has 8 heteroatoms. The number of aromatic nitrogens is 2. The van der Waals surface area contributed by atoms with E-state index in [1.54, 1.807) is 13.0 Å². The summed E-state index contributed by atoms with van der Waals surface area (Å²) in [5.41, 5.74) is 0.402. The third-order valence-corrected chi connectivity index (χ3v) is 4.15. The van der Waals surface area contributed by atoms with Gasteiger partial charge in [0.25, 0.3) is 0 Å². The van der Waals surface area contributed by atoms with Crippen molar-refractivity contribution in [2.75, 3.05) is 18.4 Å². The first-order valence-corrected chi connectivity index (χ1v) is 8.41. The van der Waals surface area contributed by atoms with Crippen molar-refractivity contribution in [2.45, 2.75) is 32.8 Å². The largest absolute Gasteiger partial charge is 0.474 e. The number of hydrogen-bond acceptors (Lipinski definition) is 4. The summed E-state index contributed by atoms with van der Waals surface area (Å²) in [5.74, 6) is -0.438. The van der Waals surface area contributed by atoms with Crippen LogP contribution in [0.1, 0.15) is 24.4 Å². The number of nitrogens with one attached hydrogen (secondary N) is 1. The number of carbonyl (C=O) groups excluding carboxylic acids is 1. The average molecular weight is 362 g/mol. The summed E-state index contributed by atoms with van der Waals surface area (Å²) in [6.45, 7) is 4.52. The third-order valence-electron chi connectivity index (χ3n) is 4.15. The summed E-state index contributed by atoms with van der Waals surface area (Å²) >= 11 is 0. The van der Waals surface area contributed by atoms with E-state index in [-0.39, 0.29) is 6.10 Å². The second-order valence-electron chi connectivity index (χ2n) is 6.23. The number of amides is 2. The van der Waals surface area contributed by atoms with Crippen LogP contribution >= 0.6 is 0 Å². The monoisotopic (exact) mass is 362 g/mol. The number of likely N-dealkylation sites (tertiary alicyclic amines) is 1. The van der Waals surface area contributed by atoms with Crippen molar-refractivity contribution in [3.63, 3.8) is 0 Å². The van der Waals surface area contributed by atoms with Crippen molar-refractivity contribution in [3.8, 4) is 5.88 Å². The van der Waals surface area contributed by atoms with Gasteiger partial charge in [-0.25, -0.2) is 18.6 Å². The fourth-order valence-electron chi connectivity index (χ4n) is 2.89. The molecule has 0 unspecified atom stereocenters. The molecule has 1 aliphatic heterocycles. The van der Waals surface area contributed by atoms with Crippen LogP contribution in [0.4, 0.5) is 19.3 Å². The normalized spacial score (nSPS) is 15.0. The lowest BCUT2D eigenvalue weighted by molar-refractivity contribution is 0.111. The van der Waals surface area contributed by atoms with Crippen molar-refractivity contribution in [2.24, 2.45) is 0 Å². The van der Waals surface area contributed by atoms with Gasteiger partial charge in [-0.2, -0.15) is 4.98 Å². The molecule has 2 aromatic rings. The fraction of sp³-hybridized carbons (Fsp3) is 0.389. The van der Waals surface area contributed by atoms with E-state index in [2.05, 4.69) is 15.3 Å². The smallest absolute Gasteiger partial charge is 0.322 e. The SMILES string of the molecule is Cc1cc(OC2CCN(C(=O)Nc3c(F)cccc3F)CC2)nc(C)n1. The molecule has 138 valence electrons. The topological polar surface area (TPSA) is 67.3 Å². The van der Waals surface area contributed by atoms with Crippen LogP contribution in [0.2, 0.25) is 0 Å². The van der Waals surface area contributed by atoms with Gasteiger partial charge in [-0.3, -0.25) is 0 Å². The van der Waals surface area contributed by atoms with Crippen LogP contribution in [0.5, 0.6) is 5.88 Å². The van der Waals surface area contributed by atoms with Gasteiger partial charge in [0.1, 0.15) is 29.3 Å². The maximum atomic E-state index is 13.6. The molecule has 0 bridgehead atoms. The number of anilines is 1. The first kappa shape index (κ1) is 18.0. The Labute approximate surface area is 150 Å². The van der Waals surface area contributed by atoms with Gasteiger partial charge >= 0.3 is 6.03 Å². The quantitative estimate of drug-likeness (QED) is 0.908. The number of benzene rings is 1. The first-order valence-electron chi connectivity index (χ1n) is 8.41. The number of halogens is 2. The molecule has 0 aliphatic carbocycles. The number of rotatable bonds is 3. The van der Waals surface area contributed by atoms with Gasteiger partial charge in [0.05, 0.1) is 0 Å². The molecule has 1 aromatic heterocycles. The van der Waals surface area contributed by atoms with Crippen molar-refractivity contribution < 1.29 is 18.3 Å². The van der Waals surface area contributed by atoms with Crippen LogP contribution in [-0.4, -0.2) is 40.1 Å². The molecule has 1 N–H and O–H groups in total. The van der Waals surface area contributed by atoms with E-state index in [9.17, 15) is 13.6 Å². The number of ether oxygens (including phenoxy) is 1. The van der Waals surface area contributed by atoms with Gasteiger partial charge in [0.15, 0.2) is 0 Å². The number of para-hydroxylation sites is 1. The third kappa shape index (κ3) is 4.25. The molecule has 1 aliphatic rings. The molecule has 0 saturated carbocycles. The Morgan fingerprint density at radius 1 is 1.19 bits per heavy atom. The maximum Gasteiger partial charge on any atom is 0.322 e. The molecule has 3 rings (SSSR count). The zero-order valence-electron chi connectivity index (χ0n) is 14.6. The second kappa shape index (κ2) is 7.63. The van der Waals surface area contributed by atoms with Gasteiger partial charge in [0, 0.05) is 37.7 Å². The Bertz CT molecular complexity index is 767. The van der Waals surface area contributed by atoms with Crippen LogP contribution in [0.15, 0.2) is 24.3 Å². The number of aryl methyl sites for hydroxylation is 2. The van der Waals surface area contributed by atoms with Crippen molar-refractivity contribution >= 4 is 11.7 Å². The van der Waals surface area contributed by atoms with Gasteiger partial charge in [-0.1, -0.05) is 6.07 Å². The Morgan fingerprint density at radius 3 is 2.46 bits per heavy atom. The van der Waals surface area contributed by atoms with E-state index in [1.807, 2.05) is 6.92 Å². The zero-order chi connectivity index (χ0) is 18.7. The Morgan fingerprint density at radius 2 is 1.85 bits per heavy atom. The van der Waals surface area contributed by atoms with Gasteiger partial charge < -0.3 is 15.0 Å². The van der Waals surface area contributed by atoms with E-state index in [0.717, 1.165) is 17.8 Å². The summed E-state index contributed by atoms with van der Waals surface area (Å²) in [4.78, 5) is 22.2. The molecule has 1 aromatic carbocycles. The molecule has 0 atom stereocenters. The van der Waals surface area contributed by atoms with Gasteiger partial charge in [-0.15, -0.1) is 0 Å². The van der Waals surface area contributed by atoms with Crippen molar-refractivity contribution in [3.05, 3.63) is 47.4 Å². The summed E-state index contributed by atoms with van der Waals surface area (Å²) < 4.78 is 33.2. The molecule has 1 fully saturated rings. The number of urea groups is 1. The minimum atomic E-state index is -0.800. The molecule has 26 heavy (non-hydrogen) atoms. The van der Waals surface area contributed by atoms with Crippen LogP contribution in [0.3, 0.4) is 0 Å². The minimum absolute atomic E-state index is 0.0713. The predicted molar refractivity (Wildman–Crippen MR) is 92.1 cm³/mol. The number of hydrogen-bond donors (Lipinski definition) is 1. The lowest BCUT2D eigenvalue weighted by Gasteiger charge is -2.32. The highest BCUT2D eigenvalue weighted by molar-refractivity contribution is 5.89. The van der Waals surface area contributed by atoms with Gasteiger partial charge in [0.2, 0.25) is 5.88 Å². The predicted octanol–water partition coefficient (Wildman–Crippen LogP) is 3.45. The Kier molecular flexibility index (Phi) is 5.29. The highest BCUT2D eigenvalue weighted by Crippen LogP contribution is 2.21. The first-order chi connectivity index (χ1) is 12.4. The Hall–Kier alpha value is -2.77. The summed E-state index contributed by atoms with van der Waals surface area (Å²) in [6, 6.07) is 4.70. The maximum absolute atomic E-state index is 13.6. The summed E-state index contributed by atoms with van der Waals surface area (Å²) in [6.07, 6.45) is 1.14. The second-order valence-corrected chi connectivity index (χ2v) is 6.23. The molecule has 0 spiro atoms. The molecular weight excluding hydrogens is 342 g/mol. The van der Waals surface area contributed by atoms with E-state index < -0.39 is 23.4 Å². The molecule has 1 saturated heterocycles. The van der Waals surface area contributed by atoms with E-state index in [1.165, 1.54) is 11.0 Å². The molecule has 2 amide bonds. The van der Waals surface area contributed by atoms with Crippen molar-refractivity contribution in [1.82, 2.24) is 14.9 Å². The average Bonchev–Trinajstić information content (AvgIpc) is 2.58. The lowest BCUT2D eigenvalue weighted by Crippen LogP contribution is -2.44. The molecule has 2 heterocycles. The van der Waals surface area contributed by atoms with Crippen LogP contribution < -0.4 is 10.1 Å². The fourth-order valence-corrected chi connectivity index (χ4v) is 2.89. The summed E-state index contributed by atoms with van der Waals surface area (Å²) in [7, 11) is 0. The van der Waals surface area contributed by atoms with E-state index in [0.29, 0.717) is 37.6 Å². The zero-order valence-corrected chi connectivity index (χ0v) is 14.6. The number of nitrogens with zero attached hydrogens (tertiary/aromatic N) is 3. The number of carbonyl (C=O) groups is 1. The van der Waals surface area contributed by atoms with E-state index >= 15 is 0 Å². The highest BCUT2D eigenvalue weighted by atomic mass is 19.1. The standard InChI is InChI=1S/C18H20F2N4O2/c1-11-10-16(22-12(2)21-11)26-13-6-8-24(9-7-13)18(25)23-17-14(19)4-3-5-15(17)20/h3-5,10,13H,6-9H2,1-2H3,(H,23,25). The van der Waals surface area contributed by atoms with Crippen LogP contribution in [-0.2, 0) is 0 Å². The molecular formula is C18H20F2N4O2.